The highest BCUT2D eigenvalue weighted by molar-refractivity contribution is 6.05. The summed E-state index contributed by atoms with van der Waals surface area (Å²) in [6.45, 7) is 1.55. The minimum Gasteiger partial charge on any atom is -0.478 e. The van der Waals surface area contributed by atoms with Crippen LogP contribution in [0.1, 0.15) is 5.82 Å². The maximum Gasteiger partial charge on any atom is 0.329 e. The predicted molar refractivity (Wildman–Crippen MR) is 53.0 cm³/mol. The molecule has 9 heteroatoms. The van der Waals surface area contributed by atoms with E-state index in [-0.39, 0.29) is 6.01 Å². The lowest BCUT2D eigenvalue weighted by Crippen LogP contribution is -2.33. The molecule has 0 unspecified atom stereocenters. The van der Waals surface area contributed by atoms with Crippen molar-refractivity contribution in [2.24, 2.45) is 0 Å². The number of rotatable bonds is 3. The predicted octanol–water partition coefficient (Wildman–Crippen LogP) is -0.333. The Kier molecular flexibility index (Phi) is 3.92. The smallest absolute Gasteiger partial charge is 0.329 e. The van der Waals surface area contributed by atoms with E-state index in [9.17, 15) is 14.4 Å². The van der Waals surface area contributed by atoms with Crippen molar-refractivity contribution >= 4 is 23.9 Å². The summed E-state index contributed by atoms with van der Waals surface area (Å²) in [5.74, 6) is -1.87. The van der Waals surface area contributed by atoms with E-state index < -0.39 is 17.9 Å². The fourth-order valence-electron chi connectivity index (χ4n) is 0.777. The Hall–Kier alpha value is -2.71. The summed E-state index contributed by atoms with van der Waals surface area (Å²) in [6, 6.07) is -1.08. The number of nitrogens with one attached hydrogen (secondary N) is 2. The van der Waals surface area contributed by atoms with Gasteiger partial charge >= 0.3 is 18.0 Å². The molecule has 1 rings (SSSR count). The van der Waals surface area contributed by atoms with Crippen LogP contribution in [0, 0.1) is 6.92 Å². The normalized spacial score (nSPS) is 10.2. The fraction of sp³-hybridized carbons (Fsp3) is 0.125. The van der Waals surface area contributed by atoms with Crippen LogP contribution in [0.25, 0.3) is 0 Å². The Morgan fingerprint density at radius 1 is 1.35 bits per heavy atom. The maximum atomic E-state index is 11.1. The van der Waals surface area contributed by atoms with Gasteiger partial charge in [-0.3, -0.25) is 15.4 Å². The first-order valence-electron chi connectivity index (χ1n) is 4.30. The molecule has 9 nitrogen and oxygen atoms in total. The largest absolute Gasteiger partial charge is 0.478 e. The summed E-state index contributed by atoms with van der Waals surface area (Å²) >= 11 is 0. The Bertz CT molecular complexity index is 478. The summed E-state index contributed by atoms with van der Waals surface area (Å²) in [5.41, 5.74) is 0. The highest BCUT2D eigenvalue weighted by Gasteiger charge is 2.09. The van der Waals surface area contributed by atoms with Gasteiger partial charge in [0.2, 0.25) is 0 Å². The lowest BCUT2D eigenvalue weighted by Gasteiger charge is -1.98. The molecule has 3 N–H and O–H groups in total. The second-order valence-electron chi connectivity index (χ2n) is 2.76. The Balaban J connectivity index is 2.45. The van der Waals surface area contributed by atoms with E-state index in [2.05, 4.69) is 20.0 Å². The van der Waals surface area contributed by atoms with E-state index in [1.54, 1.807) is 6.92 Å². The topological polar surface area (TPSA) is 134 Å². The van der Waals surface area contributed by atoms with Gasteiger partial charge in [-0.2, -0.15) is 4.98 Å². The molecule has 3 amide bonds. The number of aryl methyl sites for hydroxylation is 1. The van der Waals surface area contributed by atoms with Crippen LogP contribution in [0.5, 0.6) is 0 Å². The molecule has 90 valence electrons. The second-order valence-corrected chi connectivity index (χ2v) is 2.76. The first-order valence-corrected chi connectivity index (χ1v) is 4.30. The summed E-state index contributed by atoms with van der Waals surface area (Å²) in [7, 11) is 0. The fourth-order valence-corrected chi connectivity index (χ4v) is 0.777. The quantitative estimate of drug-likeness (QED) is 0.615. The molecule has 1 aromatic heterocycles. The molecular formula is C8H8N4O5. The third-order valence-corrected chi connectivity index (χ3v) is 1.36. The molecule has 0 aliphatic rings. The number of aromatic nitrogens is 2. The zero-order chi connectivity index (χ0) is 12.8. The van der Waals surface area contributed by atoms with Crippen LogP contribution in [0.15, 0.2) is 16.7 Å². The van der Waals surface area contributed by atoms with Crippen LogP contribution in [0.2, 0.25) is 0 Å². The van der Waals surface area contributed by atoms with Crippen LogP contribution in [0.4, 0.5) is 10.8 Å². The molecule has 1 aromatic rings. The number of urea groups is 1. The summed E-state index contributed by atoms with van der Waals surface area (Å²) in [6.07, 6.45) is 1.29. The minimum absolute atomic E-state index is 0.171. The van der Waals surface area contributed by atoms with Gasteiger partial charge in [0.05, 0.1) is 0 Å². The lowest BCUT2D eigenvalue weighted by atomic mass is 10.5. The lowest BCUT2D eigenvalue weighted by molar-refractivity contribution is -0.131. The SMILES string of the molecule is Cc1noc(NC(=O)NC(=O)/C=C/C(=O)O)n1. The molecule has 0 radical (unpaired) electrons. The first-order chi connectivity index (χ1) is 7.97. The van der Waals surface area contributed by atoms with Gasteiger partial charge in [0.25, 0.3) is 5.91 Å². The molecule has 1 heterocycles. The van der Waals surface area contributed by atoms with Crippen molar-refractivity contribution in [3.8, 4) is 0 Å². The van der Waals surface area contributed by atoms with Crippen molar-refractivity contribution in [3.05, 3.63) is 18.0 Å². The van der Waals surface area contributed by atoms with E-state index in [0.29, 0.717) is 18.0 Å². The number of anilines is 1. The van der Waals surface area contributed by atoms with Gasteiger partial charge in [-0.1, -0.05) is 5.16 Å². The molecular weight excluding hydrogens is 232 g/mol. The van der Waals surface area contributed by atoms with Crippen LogP contribution in [0.3, 0.4) is 0 Å². The molecule has 0 spiro atoms. The zero-order valence-corrected chi connectivity index (χ0v) is 8.63. The molecule has 0 aliphatic carbocycles. The van der Waals surface area contributed by atoms with E-state index in [1.807, 2.05) is 5.32 Å². The third kappa shape index (κ3) is 4.55. The average molecular weight is 240 g/mol. The molecule has 0 bridgehead atoms. The highest BCUT2D eigenvalue weighted by Crippen LogP contribution is 2.00. The average Bonchev–Trinajstić information content (AvgIpc) is 2.60. The van der Waals surface area contributed by atoms with Crippen molar-refractivity contribution in [1.82, 2.24) is 15.5 Å². The van der Waals surface area contributed by atoms with Gasteiger partial charge in [-0.25, -0.2) is 9.59 Å². The number of hydrogen-bond acceptors (Lipinski definition) is 6. The number of carbonyl (C=O) groups is 3. The number of carboxylic acids is 1. The molecule has 0 saturated carbocycles. The summed E-state index contributed by atoms with van der Waals surface area (Å²) in [5, 5.41) is 15.6. The van der Waals surface area contributed by atoms with E-state index >= 15 is 0 Å². The van der Waals surface area contributed by atoms with Crippen LogP contribution in [-0.2, 0) is 9.59 Å². The molecule has 0 atom stereocenters. The molecule has 0 aromatic carbocycles. The monoisotopic (exact) mass is 240 g/mol. The highest BCUT2D eigenvalue weighted by atomic mass is 16.5. The number of nitrogens with zero attached hydrogens (tertiary/aromatic N) is 2. The van der Waals surface area contributed by atoms with E-state index in [0.717, 1.165) is 0 Å². The number of carbonyl (C=O) groups excluding carboxylic acids is 2. The number of amides is 3. The van der Waals surface area contributed by atoms with Crippen molar-refractivity contribution < 1.29 is 24.0 Å². The number of imide groups is 1. The molecule has 0 fully saturated rings. The maximum absolute atomic E-state index is 11.1. The molecule has 0 aliphatic heterocycles. The van der Waals surface area contributed by atoms with Crippen LogP contribution >= 0.6 is 0 Å². The van der Waals surface area contributed by atoms with Crippen molar-refractivity contribution in [2.75, 3.05) is 5.32 Å². The number of hydrogen-bond donors (Lipinski definition) is 3. The standard InChI is InChI=1S/C8H8N4O5/c1-4-9-8(17-12-4)11-7(16)10-5(13)2-3-6(14)15/h2-3H,1H3,(H,14,15)(H2,9,10,11,12,13,16)/b3-2+. The summed E-state index contributed by atoms with van der Waals surface area (Å²) in [4.78, 5) is 35.8. The van der Waals surface area contributed by atoms with Gasteiger partial charge in [0, 0.05) is 12.2 Å². The van der Waals surface area contributed by atoms with Crippen molar-refractivity contribution in [1.29, 1.82) is 0 Å². The summed E-state index contributed by atoms with van der Waals surface area (Å²) < 4.78 is 4.56. The molecule has 17 heavy (non-hydrogen) atoms. The second kappa shape index (κ2) is 5.39. The van der Waals surface area contributed by atoms with E-state index in [1.165, 1.54) is 0 Å². The van der Waals surface area contributed by atoms with Gasteiger partial charge in [-0.15, -0.1) is 0 Å². The number of carboxylic acid groups (broad SMARTS) is 1. The van der Waals surface area contributed by atoms with Gasteiger partial charge in [0.1, 0.15) is 0 Å². The zero-order valence-electron chi connectivity index (χ0n) is 8.63. The van der Waals surface area contributed by atoms with Gasteiger partial charge < -0.3 is 9.63 Å². The van der Waals surface area contributed by atoms with Gasteiger partial charge in [0.15, 0.2) is 5.82 Å². The number of aliphatic carboxylic acids is 1. The van der Waals surface area contributed by atoms with Crippen molar-refractivity contribution in [2.45, 2.75) is 6.92 Å². The third-order valence-electron chi connectivity index (χ3n) is 1.36. The van der Waals surface area contributed by atoms with Crippen LogP contribution in [-0.4, -0.2) is 33.2 Å². The van der Waals surface area contributed by atoms with Crippen LogP contribution < -0.4 is 10.6 Å². The Morgan fingerprint density at radius 3 is 2.59 bits per heavy atom. The minimum atomic E-state index is -1.30. The first kappa shape index (κ1) is 12.4. The van der Waals surface area contributed by atoms with E-state index in [4.69, 9.17) is 5.11 Å². The molecule has 0 saturated heterocycles. The van der Waals surface area contributed by atoms with Crippen molar-refractivity contribution in [3.63, 3.8) is 0 Å². The Morgan fingerprint density at radius 2 is 2.06 bits per heavy atom. The Labute approximate surface area is 94.5 Å². The van der Waals surface area contributed by atoms with Gasteiger partial charge in [-0.05, 0) is 6.92 Å².